The summed E-state index contributed by atoms with van der Waals surface area (Å²) in [5.41, 5.74) is 0.642. The van der Waals surface area contributed by atoms with Gasteiger partial charge in [-0.1, -0.05) is 11.6 Å². The first kappa shape index (κ1) is 21.4. The van der Waals surface area contributed by atoms with Gasteiger partial charge in [0.05, 0.1) is 6.61 Å². The first-order valence-electron chi connectivity index (χ1n) is 5.20. The smallest absolute Gasteiger partial charge is 0.550 e. The maximum atomic E-state index is 10.8. The van der Waals surface area contributed by atoms with E-state index in [9.17, 15) is 4.79 Å². The Bertz CT molecular complexity index is 452. The summed E-state index contributed by atoms with van der Waals surface area (Å²) in [7, 11) is 0. The van der Waals surface area contributed by atoms with Crippen LogP contribution in [-0.2, 0) is 42.0 Å². The molecule has 104 valence electrons. The summed E-state index contributed by atoms with van der Waals surface area (Å²) >= 11 is 5.71. The minimum atomic E-state index is -1.08. The van der Waals surface area contributed by atoms with E-state index in [-0.39, 0.29) is 40.0 Å². The number of carboxylic acids is 1. The fourth-order valence-electron chi connectivity index (χ4n) is 1.01. The Morgan fingerprint density at radius 2 is 1.75 bits per heavy atom. The van der Waals surface area contributed by atoms with Crippen LogP contribution in [0.4, 0.5) is 0 Å². The summed E-state index contributed by atoms with van der Waals surface area (Å²) in [5.74, 6) is -1.33. The Morgan fingerprint density at radius 1 is 1.30 bits per heavy atom. The van der Waals surface area contributed by atoms with Gasteiger partial charge < -0.3 is 19.7 Å². The predicted molar refractivity (Wildman–Crippen MR) is 67.6 cm³/mol. The molecule has 0 heterocycles. The van der Waals surface area contributed by atoms with E-state index in [1.807, 2.05) is 0 Å². The first-order valence-corrected chi connectivity index (χ1v) is 5.58. The van der Waals surface area contributed by atoms with Gasteiger partial charge in [0.2, 0.25) is 0 Å². The van der Waals surface area contributed by atoms with E-state index < -0.39 is 11.9 Å². The second-order valence-electron chi connectivity index (χ2n) is 3.26. The monoisotopic (exact) mass is 486 g/mol. The molecule has 0 unspecified atom stereocenters. The molecule has 7 heteroatoms. The summed E-state index contributed by atoms with van der Waals surface area (Å²) in [6.45, 7) is 1.94. The Morgan fingerprint density at radius 3 is 2.10 bits per heavy atom. The molecule has 2 radical (unpaired) electrons. The number of esters is 1. The number of hydrogen-bond donors (Lipinski definition) is 1. The zero-order valence-corrected chi connectivity index (χ0v) is 17.4. The van der Waals surface area contributed by atoms with Gasteiger partial charge in [0.25, 0.3) is 0 Å². The standard InChI is InChI=1S/C11H10ClO3.C2H4O2.Hg/c1-8(14)15-11(6-7-13)9-2-4-10(12)5-3-9;1-2(3)4;/h2-5,13H,7H2,1H3;1H3,(H,3,4);/q;;+1/p-1. The number of hydrogen-bond acceptors (Lipinski definition) is 5. The van der Waals surface area contributed by atoms with E-state index >= 15 is 0 Å². The van der Waals surface area contributed by atoms with Crippen molar-refractivity contribution in [2.75, 3.05) is 6.61 Å². The summed E-state index contributed by atoms with van der Waals surface area (Å²) in [5, 5.41) is 18.2. The molecule has 0 aromatic heterocycles. The largest absolute Gasteiger partial charge is 1.00 e. The third kappa shape index (κ3) is 11.0. The van der Waals surface area contributed by atoms with Gasteiger partial charge in [-0.25, -0.2) is 0 Å². The van der Waals surface area contributed by atoms with Crippen LogP contribution in [0.15, 0.2) is 24.3 Å². The van der Waals surface area contributed by atoms with Crippen molar-refractivity contribution in [3.05, 3.63) is 40.9 Å². The zero-order chi connectivity index (χ0) is 14.8. The molecule has 1 aromatic rings. The van der Waals surface area contributed by atoms with Crippen molar-refractivity contribution in [3.63, 3.8) is 0 Å². The van der Waals surface area contributed by atoms with Gasteiger partial charge in [0, 0.05) is 29.6 Å². The van der Waals surface area contributed by atoms with Crippen LogP contribution in [0.3, 0.4) is 0 Å². The van der Waals surface area contributed by atoms with Crippen LogP contribution in [0, 0.1) is 6.08 Å². The van der Waals surface area contributed by atoms with Crippen molar-refractivity contribution in [3.8, 4) is 0 Å². The number of halogens is 1. The number of carboxylic acid groups (broad SMARTS) is 1. The van der Waals surface area contributed by atoms with Crippen LogP contribution in [-0.4, -0.2) is 23.7 Å². The number of aliphatic carboxylic acids is 1. The van der Waals surface area contributed by atoms with Crippen molar-refractivity contribution in [1.29, 1.82) is 0 Å². The van der Waals surface area contributed by atoms with E-state index in [0.717, 1.165) is 6.92 Å². The van der Waals surface area contributed by atoms with Crippen molar-refractivity contribution < 1.29 is 52.2 Å². The van der Waals surface area contributed by atoms with Crippen LogP contribution in [0.2, 0.25) is 5.02 Å². The van der Waals surface area contributed by atoms with Crippen molar-refractivity contribution in [2.24, 2.45) is 0 Å². The molecule has 1 aromatic carbocycles. The number of aliphatic hydroxyl groups excluding tert-OH is 1. The second kappa shape index (κ2) is 11.9. The van der Waals surface area contributed by atoms with E-state index in [4.69, 9.17) is 31.3 Å². The third-order valence-corrected chi connectivity index (χ3v) is 1.84. The first-order chi connectivity index (χ1) is 8.86. The van der Waals surface area contributed by atoms with Gasteiger partial charge in [0.15, 0.2) is 0 Å². The Kier molecular flexibility index (Phi) is 12.7. The number of benzene rings is 1. The SMILES string of the molecule is CC(=O)OC(=[C]CO)c1ccc(Cl)cc1.CC(=O)[O-].[Hg+]. The van der Waals surface area contributed by atoms with Gasteiger partial charge in [-0.3, -0.25) is 4.79 Å². The van der Waals surface area contributed by atoms with Gasteiger partial charge >= 0.3 is 33.6 Å². The molecule has 0 fully saturated rings. The van der Waals surface area contributed by atoms with Crippen molar-refractivity contribution in [2.45, 2.75) is 13.8 Å². The predicted octanol–water partition coefficient (Wildman–Crippen LogP) is 0.793. The molecule has 0 atom stereocenters. The van der Waals surface area contributed by atoms with Crippen molar-refractivity contribution in [1.82, 2.24) is 0 Å². The minimum Gasteiger partial charge on any atom is -0.550 e. The summed E-state index contributed by atoms with van der Waals surface area (Å²) < 4.78 is 4.88. The zero-order valence-electron chi connectivity index (χ0n) is 11.2. The molecule has 0 bridgehead atoms. The van der Waals surface area contributed by atoms with Gasteiger partial charge in [0.1, 0.15) is 5.76 Å². The molecule has 0 spiro atoms. The van der Waals surface area contributed by atoms with Gasteiger partial charge in [-0.2, -0.15) is 0 Å². The molecule has 0 aliphatic carbocycles. The number of aliphatic hydroxyl groups is 1. The van der Waals surface area contributed by atoms with Crippen LogP contribution >= 0.6 is 11.6 Å². The van der Waals surface area contributed by atoms with E-state index in [0.29, 0.717) is 10.6 Å². The molecule has 1 N–H and O–H groups in total. The van der Waals surface area contributed by atoms with Crippen LogP contribution in [0.1, 0.15) is 19.4 Å². The third-order valence-electron chi connectivity index (χ3n) is 1.59. The average molecular weight is 485 g/mol. The summed E-state index contributed by atoms with van der Waals surface area (Å²) in [6.07, 6.45) is 2.54. The summed E-state index contributed by atoms with van der Waals surface area (Å²) in [6, 6.07) is 6.70. The fraction of sp³-hybridized carbons (Fsp3) is 0.231. The van der Waals surface area contributed by atoms with Crippen LogP contribution in [0.25, 0.3) is 5.76 Å². The van der Waals surface area contributed by atoms with E-state index in [1.165, 1.54) is 6.92 Å². The molecular formula is C13H13ClHgO5. The minimum absolute atomic E-state index is 0. The fourth-order valence-corrected chi connectivity index (χ4v) is 1.14. The van der Waals surface area contributed by atoms with Crippen LogP contribution in [0.5, 0.6) is 0 Å². The number of rotatable bonds is 3. The normalized spacial score (nSPS) is 9.70. The molecule has 0 aliphatic heterocycles. The average Bonchev–Trinajstić information content (AvgIpc) is 2.28. The molecule has 20 heavy (non-hydrogen) atoms. The molecule has 0 amide bonds. The molecular weight excluding hydrogens is 472 g/mol. The topological polar surface area (TPSA) is 86.7 Å². The van der Waals surface area contributed by atoms with Crippen molar-refractivity contribution >= 4 is 29.3 Å². The molecule has 1 rings (SSSR count). The maximum absolute atomic E-state index is 10.8. The number of ether oxygens (including phenoxy) is 1. The molecule has 0 saturated heterocycles. The second-order valence-corrected chi connectivity index (χ2v) is 3.69. The maximum Gasteiger partial charge on any atom is 1.00 e. The summed E-state index contributed by atoms with van der Waals surface area (Å²) in [4.78, 5) is 19.7. The Hall–Kier alpha value is -0.915. The number of carbonyl (C=O) groups excluding carboxylic acids is 2. The number of carbonyl (C=O) groups is 2. The Labute approximate surface area is 142 Å². The molecule has 0 aliphatic rings. The molecule has 5 nitrogen and oxygen atoms in total. The Balaban J connectivity index is 0. The van der Waals surface area contributed by atoms with Gasteiger partial charge in [-0.05, 0) is 31.2 Å². The quantitative estimate of drug-likeness (QED) is 0.389. The van der Waals surface area contributed by atoms with E-state index in [1.54, 1.807) is 24.3 Å². The molecule has 0 saturated carbocycles. The van der Waals surface area contributed by atoms with Crippen LogP contribution < -0.4 is 5.11 Å². The van der Waals surface area contributed by atoms with E-state index in [2.05, 4.69) is 6.08 Å². The van der Waals surface area contributed by atoms with Gasteiger partial charge in [-0.15, -0.1) is 0 Å².